The highest BCUT2D eigenvalue weighted by atomic mass is 35.5. The van der Waals surface area contributed by atoms with Crippen molar-refractivity contribution in [3.8, 4) is 5.88 Å². The number of ether oxygens (including phenoxy) is 2. The fraction of sp³-hybridized carbons (Fsp3) is 0.444. The number of morpholine rings is 1. The molecule has 4 rings (SSSR count). The van der Waals surface area contributed by atoms with Crippen LogP contribution in [0.3, 0.4) is 0 Å². The SMILES string of the molecule is COc1ccc2c3ccnc(C(F)(F)F)c3n(CCN3CCOCC3)c2n1.Cl. The van der Waals surface area contributed by atoms with Gasteiger partial charge in [-0.3, -0.25) is 4.90 Å². The lowest BCUT2D eigenvalue weighted by atomic mass is 10.2. The van der Waals surface area contributed by atoms with Crippen LogP contribution in [0.4, 0.5) is 13.2 Å². The van der Waals surface area contributed by atoms with E-state index in [2.05, 4.69) is 14.9 Å². The minimum absolute atomic E-state index is 0. The highest BCUT2D eigenvalue weighted by Crippen LogP contribution is 2.37. The zero-order valence-corrected chi connectivity index (χ0v) is 16.0. The lowest BCUT2D eigenvalue weighted by Crippen LogP contribution is -2.38. The first-order chi connectivity index (χ1) is 13.0. The van der Waals surface area contributed by atoms with Crippen LogP contribution >= 0.6 is 12.4 Å². The number of pyridine rings is 2. The summed E-state index contributed by atoms with van der Waals surface area (Å²) < 4.78 is 53.0. The van der Waals surface area contributed by atoms with Crippen LogP contribution in [0.25, 0.3) is 21.9 Å². The normalized spacial score (nSPS) is 15.7. The molecule has 0 amide bonds. The fourth-order valence-corrected chi connectivity index (χ4v) is 3.50. The van der Waals surface area contributed by atoms with Crippen LogP contribution in [0.5, 0.6) is 5.88 Å². The van der Waals surface area contributed by atoms with Crippen molar-refractivity contribution in [2.75, 3.05) is 40.0 Å². The molecule has 1 fully saturated rings. The van der Waals surface area contributed by atoms with Crippen molar-refractivity contribution in [3.05, 3.63) is 30.1 Å². The van der Waals surface area contributed by atoms with Gasteiger partial charge < -0.3 is 14.0 Å². The Morgan fingerprint density at radius 3 is 2.54 bits per heavy atom. The van der Waals surface area contributed by atoms with E-state index in [1.165, 1.54) is 13.3 Å². The molecular formula is C18H20ClF3N4O2. The molecule has 10 heteroatoms. The maximum Gasteiger partial charge on any atom is 0.435 e. The van der Waals surface area contributed by atoms with Crippen LogP contribution in [0, 0.1) is 0 Å². The smallest absolute Gasteiger partial charge is 0.435 e. The van der Waals surface area contributed by atoms with Gasteiger partial charge in [-0.2, -0.15) is 18.2 Å². The first-order valence-corrected chi connectivity index (χ1v) is 8.68. The number of halogens is 4. The Balaban J connectivity index is 0.00000225. The van der Waals surface area contributed by atoms with Crippen molar-refractivity contribution in [2.45, 2.75) is 12.7 Å². The molecule has 0 radical (unpaired) electrons. The molecule has 152 valence electrons. The first kappa shape index (κ1) is 20.6. The van der Waals surface area contributed by atoms with Gasteiger partial charge in [-0.25, -0.2) is 4.98 Å². The van der Waals surface area contributed by atoms with Crippen LogP contribution in [0.2, 0.25) is 0 Å². The van der Waals surface area contributed by atoms with Crippen molar-refractivity contribution < 1.29 is 22.6 Å². The number of hydrogen-bond acceptors (Lipinski definition) is 5. The van der Waals surface area contributed by atoms with Gasteiger partial charge in [-0.05, 0) is 12.1 Å². The maximum absolute atomic E-state index is 13.6. The third-order valence-corrected chi connectivity index (χ3v) is 4.81. The summed E-state index contributed by atoms with van der Waals surface area (Å²) in [5.74, 6) is 0.361. The Bertz CT molecular complexity index is 971. The first-order valence-electron chi connectivity index (χ1n) is 8.68. The van der Waals surface area contributed by atoms with Gasteiger partial charge in [0, 0.05) is 49.2 Å². The molecule has 0 unspecified atom stereocenters. The number of alkyl halides is 3. The number of rotatable bonds is 4. The predicted molar refractivity (Wildman–Crippen MR) is 101 cm³/mol. The van der Waals surface area contributed by atoms with Gasteiger partial charge in [-0.1, -0.05) is 0 Å². The highest BCUT2D eigenvalue weighted by Gasteiger charge is 2.36. The summed E-state index contributed by atoms with van der Waals surface area (Å²) in [6.07, 6.45) is -3.35. The molecule has 0 bridgehead atoms. The van der Waals surface area contributed by atoms with Gasteiger partial charge in [0.1, 0.15) is 5.65 Å². The van der Waals surface area contributed by atoms with Crippen LogP contribution < -0.4 is 4.74 Å². The molecule has 0 atom stereocenters. The summed E-state index contributed by atoms with van der Waals surface area (Å²) in [6, 6.07) is 5.00. The Morgan fingerprint density at radius 2 is 1.86 bits per heavy atom. The summed E-state index contributed by atoms with van der Waals surface area (Å²) in [5.41, 5.74) is -0.357. The van der Waals surface area contributed by atoms with E-state index >= 15 is 0 Å². The fourth-order valence-electron chi connectivity index (χ4n) is 3.50. The van der Waals surface area contributed by atoms with Crippen LogP contribution in [0.1, 0.15) is 5.69 Å². The zero-order valence-electron chi connectivity index (χ0n) is 15.2. The average Bonchev–Trinajstić information content (AvgIpc) is 2.99. The van der Waals surface area contributed by atoms with Gasteiger partial charge in [0.15, 0.2) is 5.69 Å². The molecule has 1 aliphatic rings. The summed E-state index contributed by atoms with van der Waals surface area (Å²) in [4.78, 5) is 10.2. The van der Waals surface area contributed by atoms with Crippen LogP contribution in [-0.4, -0.2) is 59.4 Å². The van der Waals surface area contributed by atoms with E-state index in [-0.39, 0.29) is 17.9 Å². The van der Waals surface area contributed by atoms with Crippen molar-refractivity contribution in [3.63, 3.8) is 0 Å². The summed E-state index contributed by atoms with van der Waals surface area (Å²) in [7, 11) is 1.48. The van der Waals surface area contributed by atoms with Crippen LogP contribution in [-0.2, 0) is 17.5 Å². The largest absolute Gasteiger partial charge is 0.481 e. The van der Waals surface area contributed by atoms with Gasteiger partial charge in [0.2, 0.25) is 5.88 Å². The maximum atomic E-state index is 13.6. The van der Waals surface area contributed by atoms with E-state index in [0.717, 1.165) is 13.1 Å². The van der Waals surface area contributed by atoms with Crippen molar-refractivity contribution in [2.24, 2.45) is 0 Å². The molecule has 0 aliphatic carbocycles. The minimum atomic E-state index is -4.55. The lowest BCUT2D eigenvalue weighted by Gasteiger charge is -2.26. The van der Waals surface area contributed by atoms with E-state index in [1.807, 2.05) is 0 Å². The molecule has 1 aliphatic heterocycles. The standard InChI is InChI=1S/C18H19F3N4O2.ClH/c1-26-14-3-2-13-12-4-5-22-16(18(19,20)21)15(12)25(17(13)23-14)7-6-24-8-10-27-11-9-24;/h2-5H,6-11H2,1H3;1H. The quantitative estimate of drug-likeness (QED) is 0.652. The number of aromatic nitrogens is 3. The Morgan fingerprint density at radius 1 is 1.11 bits per heavy atom. The predicted octanol–water partition coefficient (Wildman–Crippen LogP) is 3.37. The van der Waals surface area contributed by atoms with Crippen LogP contribution in [0.15, 0.2) is 24.4 Å². The monoisotopic (exact) mass is 416 g/mol. The van der Waals surface area contributed by atoms with E-state index in [4.69, 9.17) is 9.47 Å². The summed E-state index contributed by atoms with van der Waals surface area (Å²) >= 11 is 0. The van der Waals surface area contributed by atoms with E-state index in [1.54, 1.807) is 22.8 Å². The molecule has 3 aromatic heterocycles. The molecule has 28 heavy (non-hydrogen) atoms. The van der Waals surface area contributed by atoms with Gasteiger partial charge >= 0.3 is 6.18 Å². The third kappa shape index (κ3) is 3.74. The lowest BCUT2D eigenvalue weighted by molar-refractivity contribution is -0.140. The molecule has 6 nitrogen and oxygen atoms in total. The highest BCUT2D eigenvalue weighted by molar-refractivity contribution is 6.07. The van der Waals surface area contributed by atoms with E-state index in [0.29, 0.717) is 48.6 Å². The summed E-state index contributed by atoms with van der Waals surface area (Å²) in [6.45, 7) is 3.77. The van der Waals surface area contributed by atoms with Crippen molar-refractivity contribution >= 4 is 34.3 Å². The molecule has 3 aromatic rings. The minimum Gasteiger partial charge on any atom is -0.481 e. The molecule has 0 spiro atoms. The number of fused-ring (bicyclic) bond motifs is 3. The van der Waals surface area contributed by atoms with Gasteiger partial charge in [0.25, 0.3) is 0 Å². The topological polar surface area (TPSA) is 52.4 Å². The molecule has 0 aromatic carbocycles. The van der Waals surface area contributed by atoms with Crippen molar-refractivity contribution in [1.82, 2.24) is 19.4 Å². The van der Waals surface area contributed by atoms with E-state index < -0.39 is 11.9 Å². The molecule has 4 heterocycles. The van der Waals surface area contributed by atoms with Gasteiger partial charge in [-0.15, -0.1) is 12.4 Å². The zero-order chi connectivity index (χ0) is 19.0. The molecule has 1 saturated heterocycles. The number of nitrogens with zero attached hydrogens (tertiary/aromatic N) is 4. The van der Waals surface area contributed by atoms with Gasteiger partial charge in [0.05, 0.1) is 25.8 Å². The van der Waals surface area contributed by atoms with Crippen molar-refractivity contribution in [1.29, 1.82) is 0 Å². The molecule has 0 N–H and O–H groups in total. The Kier molecular flexibility index (Phi) is 5.97. The average molecular weight is 417 g/mol. The summed E-state index contributed by atoms with van der Waals surface area (Å²) in [5, 5.41) is 1.14. The Hall–Kier alpha value is -2.10. The second-order valence-electron chi connectivity index (χ2n) is 6.38. The molecular weight excluding hydrogens is 397 g/mol. The third-order valence-electron chi connectivity index (χ3n) is 4.81. The molecule has 0 saturated carbocycles. The number of hydrogen-bond donors (Lipinski definition) is 0. The van der Waals surface area contributed by atoms with E-state index in [9.17, 15) is 13.2 Å². The number of methoxy groups -OCH3 is 1. The Labute approximate surface area is 165 Å². The second kappa shape index (κ2) is 8.10. The second-order valence-corrected chi connectivity index (χ2v) is 6.38.